The monoisotopic (exact) mass is 344 g/mol. The third-order valence-electron chi connectivity index (χ3n) is 6.18. The molecule has 136 valence electrons. The van der Waals surface area contributed by atoms with Crippen LogP contribution < -0.4 is 10.6 Å². The van der Waals surface area contributed by atoms with Crippen LogP contribution in [-0.2, 0) is 4.79 Å². The average Bonchev–Trinajstić information content (AvgIpc) is 3.43. The minimum Gasteiger partial charge on any atom is -0.384 e. The quantitative estimate of drug-likeness (QED) is 0.880. The van der Waals surface area contributed by atoms with Crippen molar-refractivity contribution in [2.24, 2.45) is 5.92 Å². The van der Waals surface area contributed by atoms with Crippen molar-refractivity contribution < 1.29 is 4.79 Å². The second-order valence-electron chi connectivity index (χ2n) is 7.90. The molecule has 1 spiro atoms. The van der Waals surface area contributed by atoms with Crippen LogP contribution in [0.2, 0.25) is 0 Å². The molecule has 25 heavy (non-hydrogen) atoms. The van der Waals surface area contributed by atoms with E-state index in [4.69, 9.17) is 5.73 Å². The van der Waals surface area contributed by atoms with Crippen LogP contribution in [0.25, 0.3) is 0 Å². The second kappa shape index (κ2) is 6.44. The van der Waals surface area contributed by atoms with Crippen molar-refractivity contribution in [3.63, 3.8) is 0 Å². The van der Waals surface area contributed by atoms with Crippen LogP contribution in [0.4, 0.5) is 11.6 Å². The SMILES string of the molecule is CN1CCN(c2cc(N)ncn2)C[C@@]12CCC(=O)N(CC1CC1)CC2. The molecule has 1 atom stereocenters. The van der Waals surface area contributed by atoms with Crippen LogP contribution in [0.15, 0.2) is 12.4 Å². The van der Waals surface area contributed by atoms with E-state index < -0.39 is 0 Å². The number of nitrogens with two attached hydrogens (primary N) is 1. The van der Waals surface area contributed by atoms with Gasteiger partial charge >= 0.3 is 0 Å². The predicted octanol–water partition coefficient (Wildman–Crippen LogP) is 0.972. The lowest BCUT2D eigenvalue weighted by Gasteiger charge is -2.49. The zero-order valence-corrected chi connectivity index (χ0v) is 15.0. The van der Waals surface area contributed by atoms with Gasteiger partial charge in [0.05, 0.1) is 0 Å². The molecule has 2 N–H and O–H groups in total. The zero-order valence-electron chi connectivity index (χ0n) is 15.0. The van der Waals surface area contributed by atoms with Gasteiger partial charge in [-0.2, -0.15) is 0 Å². The first kappa shape index (κ1) is 16.6. The van der Waals surface area contributed by atoms with Crippen molar-refractivity contribution in [1.82, 2.24) is 19.8 Å². The summed E-state index contributed by atoms with van der Waals surface area (Å²) >= 11 is 0. The Balaban J connectivity index is 1.51. The smallest absolute Gasteiger partial charge is 0.222 e. The number of likely N-dealkylation sites (N-methyl/N-ethyl adjacent to an activating group) is 1. The van der Waals surface area contributed by atoms with Gasteiger partial charge in [-0.25, -0.2) is 9.97 Å². The highest BCUT2D eigenvalue weighted by Crippen LogP contribution is 2.35. The molecule has 0 radical (unpaired) electrons. The minimum atomic E-state index is 0.0337. The molecule has 1 amide bonds. The zero-order chi connectivity index (χ0) is 17.4. The van der Waals surface area contributed by atoms with Gasteiger partial charge < -0.3 is 15.5 Å². The Labute approximate surface area is 149 Å². The van der Waals surface area contributed by atoms with Crippen molar-refractivity contribution in [2.45, 2.75) is 37.6 Å². The van der Waals surface area contributed by atoms with Crippen LogP contribution in [-0.4, -0.2) is 71.0 Å². The van der Waals surface area contributed by atoms with Gasteiger partial charge in [0, 0.05) is 50.7 Å². The number of nitrogen functional groups attached to an aromatic ring is 1. The maximum atomic E-state index is 12.6. The fourth-order valence-corrected chi connectivity index (χ4v) is 4.23. The average molecular weight is 344 g/mol. The summed E-state index contributed by atoms with van der Waals surface area (Å²) < 4.78 is 0. The lowest BCUT2D eigenvalue weighted by Crippen LogP contribution is -2.61. The van der Waals surface area contributed by atoms with Gasteiger partial charge in [0.1, 0.15) is 18.0 Å². The second-order valence-corrected chi connectivity index (χ2v) is 7.90. The highest BCUT2D eigenvalue weighted by molar-refractivity contribution is 5.76. The number of piperazine rings is 1. The fraction of sp³-hybridized carbons (Fsp3) is 0.722. The molecule has 1 saturated carbocycles. The number of nitrogens with zero attached hydrogens (tertiary/aromatic N) is 5. The first-order valence-corrected chi connectivity index (χ1v) is 9.37. The molecule has 1 aromatic heterocycles. The molecule has 1 aromatic rings. The summed E-state index contributed by atoms with van der Waals surface area (Å²) in [5, 5.41) is 0. The normalized spacial score (nSPS) is 28.4. The van der Waals surface area contributed by atoms with Crippen molar-refractivity contribution in [3.05, 3.63) is 12.4 Å². The van der Waals surface area contributed by atoms with E-state index in [0.717, 1.165) is 57.3 Å². The van der Waals surface area contributed by atoms with Crippen LogP contribution in [0.1, 0.15) is 32.1 Å². The molecular formula is C18H28N6O. The Morgan fingerprint density at radius 3 is 2.84 bits per heavy atom. The number of carbonyl (C=O) groups is 1. The molecule has 7 heteroatoms. The van der Waals surface area contributed by atoms with Gasteiger partial charge in [0.2, 0.25) is 5.91 Å². The third kappa shape index (κ3) is 3.42. The van der Waals surface area contributed by atoms with Gasteiger partial charge in [-0.3, -0.25) is 9.69 Å². The fourth-order valence-electron chi connectivity index (χ4n) is 4.23. The van der Waals surface area contributed by atoms with Gasteiger partial charge in [-0.05, 0) is 38.6 Å². The van der Waals surface area contributed by atoms with Crippen LogP contribution >= 0.6 is 0 Å². The maximum Gasteiger partial charge on any atom is 0.222 e. The van der Waals surface area contributed by atoms with E-state index in [1.54, 1.807) is 0 Å². The van der Waals surface area contributed by atoms with E-state index in [1.807, 2.05) is 6.07 Å². The molecule has 3 aliphatic rings. The van der Waals surface area contributed by atoms with Gasteiger partial charge in [-0.1, -0.05) is 0 Å². The van der Waals surface area contributed by atoms with Gasteiger partial charge in [0.15, 0.2) is 0 Å². The Kier molecular flexibility index (Phi) is 4.27. The molecule has 0 unspecified atom stereocenters. The predicted molar refractivity (Wildman–Crippen MR) is 97.2 cm³/mol. The van der Waals surface area contributed by atoms with Crippen molar-refractivity contribution >= 4 is 17.5 Å². The van der Waals surface area contributed by atoms with Crippen molar-refractivity contribution in [3.8, 4) is 0 Å². The van der Waals surface area contributed by atoms with Crippen molar-refractivity contribution in [1.29, 1.82) is 0 Å². The largest absolute Gasteiger partial charge is 0.384 e. The number of aromatic nitrogens is 2. The molecule has 1 aliphatic carbocycles. The van der Waals surface area contributed by atoms with E-state index in [0.29, 0.717) is 18.1 Å². The van der Waals surface area contributed by atoms with E-state index in [-0.39, 0.29) is 5.54 Å². The molecule has 2 saturated heterocycles. The van der Waals surface area contributed by atoms with Gasteiger partial charge in [-0.15, -0.1) is 0 Å². The highest BCUT2D eigenvalue weighted by Gasteiger charge is 2.43. The first-order chi connectivity index (χ1) is 12.1. The minimum absolute atomic E-state index is 0.0337. The molecule has 7 nitrogen and oxygen atoms in total. The van der Waals surface area contributed by atoms with Crippen LogP contribution in [0, 0.1) is 5.92 Å². The van der Waals surface area contributed by atoms with Crippen LogP contribution in [0.5, 0.6) is 0 Å². The first-order valence-electron chi connectivity index (χ1n) is 9.37. The molecule has 2 aliphatic heterocycles. The third-order valence-corrected chi connectivity index (χ3v) is 6.18. The highest BCUT2D eigenvalue weighted by atomic mass is 16.2. The number of hydrogen-bond acceptors (Lipinski definition) is 6. The Hall–Kier alpha value is -1.89. The number of carbonyl (C=O) groups excluding carboxylic acids is 1. The number of likely N-dealkylation sites (tertiary alicyclic amines) is 1. The number of amides is 1. The Morgan fingerprint density at radius 2 is 2.08 bits per heavy atom. The summed E-state index contributed by atoms with van der Waals surface area (Å²) in [5.74, 6) is 2.48. The van der Waals surface area contributed by atoms with Crippen LogP contribution in [0.3, 0.4) is 0 Å². The van der Waals surface area contributed by atoms with Gasteiger partial charge in [0.25, 0.3) is 0 Å². The maximum absolute atomic E-state index is 12.6. The molecule has 0 aromatic carbocycles. The molecular weight excluding hydrogens is 316 g/mol. The molecule has 3 heterocycles. The summed E-state index contributed by atoms with van der Waals surface area (Å²) in [5.41, 5.74) is 5.87. The Bertz CT molecular complexity index is 648. The standard InChI is InChI=1S/C18H28N6O/c1-22-8-9-24(16-10-15(19)20-13-21-16)12-18(22)5-4-17(25)23(7-6-18)11-14-2-3-14/h10,13-14H,2-9,11-12H2,1H3,(H2,19,20,21)/t18-/m0/s1. The van der Waals surface area contributed by atoms with E-state index in [2.05, 4.69) is 31.7 Å². The number of anilines is 2. The van der Waals surface area contributed by atoms with Crippen molar-refractivity contribution in [2.75, 3.05) is 50.4 Å². The Morgan fingerprint density at radius 1 is 1.24 bits per heavy atom. The summed E-state index contributed by atoms with van der Waals surface area (Å²) in [6, 6.07) is 1.85. The lowest BCUT2D eigenvalue weighted by atomic mass is 9.86. The number of hydrogen-bond donors (Lipinski definition) is 1. The molecule has 3 fully saturated rings. The van der Waals surface area contributed by atoms with E-state index in [1.165, 1.54) is 19.2 Å². The summed E-state index contributed by atoms with van der Waals surface area (Å²) in [6.45, 7) is 4.63. The molecule has 0 bridgehead atoms. The van der Waals surface area contributed by atoms with E-state index >= 15 is 0 Å². The molecule has 4 rings (SSSR count). The van der Waals surface area contributed by atoms with E-state index in [9.17, 15) is 4.79 Å². The lowest BCUT2D eigenvalue weighted by molar-refractivity contribution is -0.130. The summed E-state index contributed by atoms with van der Waals surface area (Å²) in [6.07, 6.45) is 6.70. The topological polar surface area (TPSA) is 78.6 Å². The number of rotatable bonds is 3. The summed E-state index contributed by atoms with van der Waals surface area (Å²) in [7, 11) is 2.20. The summed E-state index contributed by atoms with van der Waals surface area (Å²) in [4.78, 5) is 27.8.